The van der Waals surface area contributed by atoms with Gasteiger partial charge in [0, 0.05) is 22.6 Å². The molecule has 0 aliphatic heterocycles. The minimum atomic E-state index is -1.27. The second-order valence-corrected chi connectivity index (χ2v) is 8.00. The van der Waals surface area contributed by atoms with Crippen LogP contribution in [0.3, 0.4) is 0 Å². The minimum absolute atomic E-state index is 0.0626. The Morgan fingerprint density at radius 3 is 2.43 bits per heavy atom. The van der Waals surface area contributed by atoms with Crippen LogP contribution in [0.1, 0.15) is 37.7 Å². The van der Waals surface area contributed by atoms with Gasteiger partial charge in [0.05, 0.1) is 0 Å². The number of carbonyl (C=O) groups is 1. The number of aryl methyl sites for hydroxylation is 1. The lowest BCUT2D eigenvalue weighted by molar-refractivity contribution is -0.113. The molecule has 0 aliphatic carbocycles. The maximum Gasteiger partial charge on any atom is 0.238 e. The number of rotatable bonds is 5. The summed E-state index contributed by atoms with van der Waals surface area (Å²) in [5.74, 6) is 0.921. The van der Waals surface area contributed by atoms with E-state index >= 15 is 0 Å². The highest BCUT2D eigenvalue weighted by atomic mass is 32.2. The maximum atomic E-state index is 12.1. The summed E-state index contributed by atoms with van der Waals surface area (Å²) in [7, 11) is -1.27. The fourth-order valence-electron chi connectivity index (χ4n) is 2.09. The van der Waals surface area contributed by atoms with Crippen molar-refractivity contribution in [1.29, 1.82) is 0 Å². The Labute approximate surface area is 138 Å². The van der Waals surface area contributed by atoms with E-state index in [2.05, 4.69) is 31.2 Å². The van der Waals surface area contributed by atoms with Crippen LogP contribution in [0.15, 0.2) is 34.9 Å². The highest BCUT2D eigenvalue weighted by Gasteiger charge is 2.14. The summed E-state index contributed by atoms with van der Waals surface area (Å²) < 4.78 is 17.0. The molecule has 1 atom stereocenters. The SMILES string of the molecule is Cc1cc(NC(=O)CS(=O)Cc2ccc(C(C)(C)C)cc2)no1. The van der Waals surface area contributed by atoms with Crippen LogP contribution in [-0.4, -0.2) is 21.0 Å². The van der Waals surface area contributed by atoms with E-state index in [-0.39, 0.29) is 17.1 Å². The van der Waals surface area contributed by atoms with Crippen molar-refractivity contribution in [2.75, 3.05) is 11.1 Å². The van der Waals surface area contributed by atoms with Gasteiger partial charge in [-0.15, -0.1) is 0 Å². The molecule has 23 heavy (non-hydrogen) atoms. The summed E-state index contributed by atoms with van der Waals surface area (Å²) in [6, 6.07) is 9.65. The summed E-state index contributed by atoms with van der Waals surface area (Å²) in [6.45, 7) is 8.18. The van der Waals surface area contributed by atoms with Crippen LogP contribution in [0.2, 0.25) is 0 Å². The number of nitrogens with zero attached hydrogens (tertiary/aromatic N) is 1. The monoisotopic (exact) mass is 334 g/mol. The standard InChI is InChI=1S/C17H22N2O3S/c1-12-9-15(19-22-12)18-16(20)11-23(21)10-13-5-7-14(8-6-13)17(2,3)4/h5-9H,10-11H2,1-4H3,(H,18,19,20). The maximum absolute atomic E-state index is 12.1. The molecular formula is C17H22N2O3S. The van der Waals surface area contributed by atoms with Crippen molar-refractivity contribution < 1.29 is 13.5 Å². The van der Waals surface area contributed by atoms with Crippen molar-refractivity contribution in [1.82, 2.24) is 5.16 Å². The average molecular weight is 334 g/mol. The van der Waals surface area contributed by atoms with Gasteiger partial charge >= 0.3 is 0 Å². The molecule has 1 N–H and O–H groups in total. The molecule has 0 saturated carbocycles. The molecule has 0 saturated heterocycles. The fourth-order valence-corrected chi connectivity index (χ4v) is 3.12. The summed E-state index contributed by atoms with van der Waals surface area (Å²) >= 11 is 0. The zero-order chi connectivity index (χ0) is 17.0. The highest BCUT2D eigenvalue weighted by Crippen LogP contribution is 2.22. The van der Waals surface area contributed by atoms with E-state index < -0.39 is 10.8 Å². The lowest BCUT2D eigenvalue weighted by Crippen LogP contribution is -2.20. The fraction of sp³-hybridized carbons (Fsp3) is 0.412. The summed E-state index contributed by atoms with van der Waals surface area (Å²) in [4.78, 5) is 11.8. The Balaban J connectivity index is 1.88. The van der Waals surface area contributed by atoms with Crippen molar-refractivity contribution in [3.63, 3.8) is 0 Å². The van der Waals surface area contributed by atoms with E-state index in [1.165, 1.54) is 5.56 Å². The third kappa shape index (κ3) is 5.32. The second kappa shape index (κ2) is 7.08. The van der Waals surface area contributed by atoms with Crippen LogP contribution in [-0.2, 0) is 26.8 Å². The van der Waals surface area contributed by atoms with Gasteiger partial charge in [-0.05, 0) is 23.5 Å². The van der Waals surface area contributed by atoms with Crippen LogP contribution >= 0.6 is 0 Å². The van der Waals surface area contributed by atoms with Crippen molar-refractivity contribution in [2.45, 2.75) is 38.9 Å². The van der Waals surface area contributed by atoms with Crippen LogP contribution in [0.5, 0.6) is 0 Å². The third-order valence-corrected chi connectivity index (χ3v) is 4.57. The molecule has 1 aromatic heterocycles. The van der Waals surface area contributed by atoms with E-state index in [1.54, 1.807) is 13.0 Å². The quantitative estimate of drug-likeness (QED) is 0.911. The van der Waals surface area contributed by atoms with Gasteiger partial charge in [0.1, 0.15) is 11.5 Å². The van der Waals surface area contributed by atoms with Crippen LogP contribution in [0, 0.1) is 6.92 Å². The zero-order valence-corrected chi connectivity index (χ0v) is 14.7. The molecule has 1 aromatic carbocycles. The number of amides is 1. The van der Waals surface area contributed by atoms with Gasteiger partial charge < -0.3 is 9.84 Å². The number of aromatic nitrogens is 1. The Hall–Kier alpha value is -1.95. The number of hydrogen-bond donors (Lipinski definition) is 1. The third-order valence-electron chi connectivity index (χ3n) is 3.34. The molecular weight excluding hydrogens is 312 g/mol. The molecule has 0 radical (unpaired) electrons. The van der Waals surface area contributed by atoms with E-state index in [4.69, 9.17) is 4.52 Å². The van der Waals surface area contributed by atoms with E-state index in [9.17, 15) is 9.00 Å². The number of carbonyl (C=O) groups excluding carboxylic acids is 1. The largest absolute Gasteiger partial charge is 0.360 e. The Kier molecular flexibility index (Phi) is 5.36. The predicted octanol–water partition coefficient (Wildman–Crippen LogP) is 3.17. The zero-order valence-electron chi connectivity index (χ0n) is 13.9. The van der Waals surface area contributed by atoms with Gasteiger partial charge in [0.25, 0.3) is 0 Å². The van der Waals surface area contributed by atoms with Crippen molar-refractivity contribution in [3.8, 4) is 0 Å². The number of nitrogens with one attached hydrogen (secondary N) is 1. The highest BCUT2D eigenvalue weighted by molar-refractivity contribution is 7.84. The van der Waals surface area contributed by atoms with E-state index in [0.29, 0.717) is 17.3 Å². The van der Waals surface area contributed by atoms with Crippen molar-refractivity contribution in [2.24, 2.45) is 0 Å². The van der Waals surface area contributed by atoms with Gasteiger partial charge in [-0.3, -0.25) is 9.00 Å². The molecule has 124 valence electrons. The Bertz CT molecular complexity index is 699. The lowest BCUT2D eigenvalue weighted by atomic mass is 9.87. The molecule has 1 heterocycles. The summed E-state index contributed by atoms with van der Waals surface area (Å²) in [5.41, 5.74) is 2.28. The topological polar surface area (TPSA) is 72.2 Å². The second-order valence-electron chi connectivity index (χ2n) is 6.55. The Morgan fingerprint density at radius 2 is 1.91 bits per heavy atom. The van der Waals surface area contributed by atoms with Crippen LogP contribution in [0.4, 0.5) is 5.82 Å². The molecule has 0 bridgehead atoms. The first kappa shape index (κ1) is 17.4. The molecule has 6 heteroatoms. The first-order valence-electron chi connectivity index (χ1n) is 7.41. The average Bonchev–Trinajstić information content (AvgIpc) is 2.83. The molecule has 1 amide bonds. The molecule has 2 rings (SSSR count). The molecule has 1 unspecified atom stereocenters. The van der Waals surface area contributed by atoms with Gasteiger partial charge in [0.2, 0.25) is 5.91 Å². The molecule has 0 fully saturated rings. The smallest absolute Gasteiger partial charge is 0.238 e. The minimum Gasteiger partial charge on any atom is -0.360 e. The van der Waals surface area contributed by atoms with E-state index in [0.717, 1.165) is 5.56 Å². The first-order valence-corrected chi connectivity index (χ1v) is 8.90. The predicted molar refractivity (Wildman–Crippen MR) is 91.7 cm³/mol. The van der Waals surface area contributed by atoms with Gasteiger partial charge in [-0.1, -0.05) is 50.2 Å². The summed E-state index contributed by atoms with van der Waals surface area (Å²) in [6.07, 6.45) is 0. The number of hydrogen-bond acceptors (Lipinski definition) is 4. The Morgan fingerprint density at radius 1 is 1.26 bits per heavy atom. The van der Waals surface area contributed by atoms with Crippen molar-refractivity contribution in [3.05, 3.63) is 47.2 Å². The molecule has 0 spiro atoms. The molecule has 2 aromatic rings. The van der Waals surface area contributed by atoms with E-state index in [1.807, 2.05) is 24.3 Å². The summed E-state index contributed by atoms with van der Waals surface area (Å²) in [5, 5.41) is 6.25. The van der Waals surface area contributed by atoms with Gasteiger partial charge in [-0.2, -0.15) is 0 Å². The van der Waals surface area contributed by atoms with Gasteiger partial charge in [-0.25, -0.2) is 0 Å². The van der Waals surface area contributed by atoms with Crippen LogP contribution < -0.4 is 5.32 Å². The molecule has 0 aliphatic rings. The normalized spacial score (nSPS) is 12.9. The number of benzene rings is 1. The molecule has 5 nitrogen and oxygen atoms in total. The van der Waals surface area contributed by atoms with Crippen molar-refractivity contribution >= 4 is 22.5 Å². The van der Waals surface area contributed by atoms with Crippen LogP contribution in [0.25, 0.3) is 0 Å². The lowest BCUT2D eigenvalue weighted by Gasteiger charge is -2.19. The number of anilines is 1. The first-order chi connectivity index (χ1) is 10.7. The van der Waals surface area contributed by atoms with Gasteiger partial charge in [0.15, 0.2) is 5.82 Å².